The van der Waals surface area contributed by atoms with Crippen LogP contribution in [0.4, 0.5) is 4.39 Å². The summed E-state index contributed by atoms with van der Waals surface area (Å²) in [7, 11) is -4.41. The molecule has 2 heterocycles. The molecule has 12 heteroatoms. The highest BCUT2D eigenvalue weighted by atomic mass is 35.5. The number of hydrogen-bond acceptors (Lipinski definition) is 6. The summed E-state index contributed by atoms with van der Waals surface area (Å²) in [5.74, 6) is -0.241. The fraction of sp³-hybridized carbons (Fsp3) is 0.318. The van der Waals surface area contributed by atoms with E-state index in [-0.39, 0.29) is 36.4 Å². The van der Waals surface area contributed by atoms with Crippen molar-refractivity contribution in [3.8, 4) is 0 Å². The predicted molar refractivity (Wildman–Crippen MR) is 123 cm³/mol. The van der Waals surface area contributed by atoms with E-state index in [2.05, 4.69) is 23.9 Å². The van der Waals surface area contributed by atoms with Gasteiger partial charge in [0, 0.05) is 6.54 Å². The maximum Gasteiger partial charge on any atom is 0.362 e. The Labute approximate surface area is 197 Å². The van der Waals surface area contributed by atoms with E-state index in [1.165, 1.54) is 12.3 Å². The quantitative estimate of drug-likeness (QED) is 0.400. The molecule has 1 saturated carbocycles. The molecule has 0 amide bonds. The molecule has 1 unspecified atom stereocenters. The SMILES string of the molecule is CC1(C)CC1CCn1ncc2c(F)cc(S(=O)(=O)c3ccc(Cl)c4c(=O)n(O)c(=O)[nH]c34)cc21. The Balaban J connectivity index is 1.66. The summed E-state index contributed by atoms with van der Waals surface area (Å²) < 4.78 is 43.3. The van der Waals surface area contributed by atoms with Crippen LogP contribution in [-0.4, -0.2) is 33.1 Å². The first kappa shape index (κ1) is 22.6. The third kappa shape index (κ3) is 3.41. The molecule has 0 radical (unpaired) electrons. The fourth-order valence-corrected chi connectivity index (χ4v) is 6.08. The van der Waals surface area contributed by atoms with Crippen molar-refractivity contribution >= 4 is 43.2 Å². The molecular formula is C22H20ClFN4O5S. The Bertz CT molecular complexity index is 1720. The number of aromatic nitrogens is 4. The summed E-state index contributed by atoms with van der Waals surface area (Å²) in [6, 6.07) is 4.47. The number of hydrogen-bond donors (Lipinski definition) is 2. The maximum atomic E-state index is 14.9. The lowest BCUT2D eigenvalue weighted by Gasteiger charge is -2.11. The van der Waals surface area contributed by atoms with E-state index >= 15 is 0 Å². The van der Waals surface area contributed by atoms with Crippen LogP contribution in [0, 0.1) is 17.2 Å². The van der Waals surface area contributed by atoms with Gasteiger partial charge in [-0.1, -0.05) is 30.2 Å². The Morgan fingerprint density at radius 2 is 2.00 bits per heavy atom. The van der Waals surface area contributed by atoms with Gasteiger partial charge in [-0.05, 0) is 48.4 Å². The molecule has 9 nitrogen and oxygen atoms in total. The van der Waals surface area contributed by atoms with E-state index < -0.39 is 31.8 Å². The molecule has 0 saturated heterocycles. The molecule has 178 valence electrons. The number of nitrogens with one attached hydrogen (secondary N) is 1. The summed E-state index contributed by atoms with van der Waals surface area (Å²) in [5, 5.41) is 13.5. The molecule has 1 aliphatic rings. The number of H-pyrrole nitrogens is 1. The molecule has 34 heavy (non-hydrogen) atoms. The van der Waals surface area contributed by atoms with E-state index in [4.69, 9.17) is 11.6 Å². The zero-order chi connectivity index (χ0) is 24.6. The van der Waals surface area contributed by atoms with E-state index in [9.17, 15) is 27.6 Å². The zero-order valence-electron chi connectivity index (χ0n) is 18.2. The lowest BCUT2D eigenvalue weighted by Crippen LogP contribution is -2.33. The van der Waals surface area contributed by atoms with Crippen molar-refractivity contribution in [1.82, 2.24) is 19.5 Å². The van der Waals surface area contributed by atoms with E-state index in [0.29, 0.717) is 18.0 Å². The Morgan fingerprint density at radius 3 is 2.68 bits per heavy atom. The van der Waals surface area contributed by atoms with Gasteiger partial charge in [-0.3, -0.25) is 9.48 Å². The molecule has 5 rings (SSSR count). The van der Waals surface area contributed by atoms with Crippen LogP contribution in [0.25, 0.3) is 21.8 Å². The number of aryl methyl sites for hydroxylation is 1. The summed E-state index contributed by atoms with van der Waals surface area (Å²) in [6.07, 6.45) is 3.29. The van der Waals surface area contributed by atoms with Gasteiger partial charge < -0.3 is 10.2 Å². The average molecular weight is 507 g/mol. The van der Waals surface area contributed by atoms with Gasteiger partial charge in [-0.25, -0.2) is 17.6 Å². The highest BCUT2D eigenvalue weighted by Crippen LogP contribution is 2.53. The van der Waals surface area contributed by atoms with Crippen molar-refractivity contribution in [1.29, 1.82) is 0 Å². The molecular weight excluding hydrogens is 487 g/mol. The second-order valence-corrected chi connectivity index (χ2v) is 11.6. The molecule has 2 aromatic carbocycles. The molecule has 1 aliphatic carbocycles. The van der Waals surface area contributed by atoms with E-state index in [1.54, 1.807) is 4.68 Å². The second-order valence-electron chi connectivity index (χ2n) is 9.23. The molecule has 4 aromatic rings. The summed E-state index contributed by atoms with van der Waals surface area (Å²) in [4.78, 5) is 25.6. The predicted octanol–water partition coefficient (Wildman–Crippen LogP) is 3.34. The molecule has 0 aliphatic heterocycles. The second kappa shape index (κ2) is 7.41. The average Bonchev–Trinajstić information content (AvgIpc) is 3.17. The summed E-state index contributed by atoms with van der Waals surface area (Å²) >= 11 is 6.04. The van der Waals surface area contributed by atoms with Crippen molar-refractivity contribution < 1.29 is 18.0 Å². The normalized spacial score (nSPS) is 17.5. The Hall–Kier alpha value is -3.18. The Kier molecular flexibility index (Phi) is 4.93. The molecule has 1 fully saturated rings. The zero-order valence-corrected chi connectivity index (χ0v) is 19.7. The third-order valence-electron chi connectivity index (χ3n) is 6.64. The van der Waals surface area contributed by atoms with Crippen LogP contribution in [0.2, 0.25) is 5.02 Å². The summed E-state index contributed by atoms with van der Waals surface area (Å²) in [6.45, 7) is 4.86. The minimum Gasteiger partial charge on any atom is -0.421 e. The van der Waals surface area contributed by atoms with Crippen LogP contribution in [0.5, 0.6) is 0 Å². The first-order valence-corrected chi connectivity index (χ1v) is 12.3. The number of rotatable bonds is 5. The largest absolute Gasteiger partial charge is 0.421 e. The van der Waals surface area contributed by atoms with Crippen LogP contribution < -0.4 is 11.2 Å². The van der Waals surface area contributed by atoms with Crippen LogP contribution in [0.1, 0.15) is 26.7 Å². The van der Waals surface area contributed by atoms with Crippen molar-refractivity contribution in [3.05, 3.63) is 62.1 Å². The number of aromatic amines is 1. The highest BCUT2D eigenvalue weighted by Gasteiger charge is 2.44. The van der Waals surface area contributed by atoms with Gasteiger partial charge in [0.2, 0.25) is 9.84 Å². The van der Waals surface area contributed by atoms with Crippen molar-refractivity contribution in [3.63, 3.8) is 0 Å². The maximum absolute atomic E-state index is 14.9. The number of benzene rings is 2. The Morgan fingerprint density at radius 1 is 1.29 bits per heavy atom. The topological polar surface area (TPSA) is 127 Å². The highest BCUT2D eigenvalue weighted by molar-refractivity contribution is 7.91. The minimum atomic E-state index is -4.41. The van der Waals surface area contributed by atoms with Crippen molar-refractivity contribution in [2.75, 3.05) is 0 Å². The third-order valence-corrected chi connectivity index (χ3v) is 8.73. The van der Waals surface area contributed by atoms with Crippen LogP contribution >= 0.6 is 11.6 Å². The lowest BCUT2D eigenvalue weighted by molar-refractivity contribution is 0.162. The molecule has 0 spiro atoms. The molecule has 2 N–H and O–H groups in total. The first-order valence-electron chi connectivity index (χ1n) is 10.5. The van der Waals surface area contributed by atoms with Gasteiger partial charge >= 0.3 is 5.69 Å². The van der Waals surface area contributed by atoms with Gasteiger partial charge in [0.25, 0.3) is 5.56 Å². The number of fused-ring (bicyclic) bond motifs is 2. The van der Waals surface area contributed by atoms with Crippen LogP contribution in [0.3, 0.4) is 0 Å². The van der Waals surface area contributed by atoms with Crippen molar-refractivity contribution in [2.45, 2.75) is 43.0 Å². The van der Waals surface area contributed by atoms with Crippen LogP contribution in [-0.2, 0) is 16.4 Å². The van der Waals surface area contributed by atoms with Crippen molar-refractivity contribution in [2.24, 2.45) is 11.3 Å². The molecule has 0 bridgehead atoms. The van der Waals surface area contributed by atoms with Gasteiger partial charge in [0.1, 0.15) is 5.82 Å². The first-order chi connectivity index (χ1) is 15.9. The standard InChI is InChI=1S/C22H20ClFN4O5S/c1-22(2)9-11(22)5-6-27-16-8-12(7-15(24)13(16)10-25-27)34(32,33)17-4-3-14(23)18-19(17)26-21(30)28(31)20(18)29/h3-4,7-8,10-11,31H,5-6,9H2,1-2H3,(H,26,30). The smallest absolute Gasteiger partial charge is 0.362 e. The summed E-state index contributed by atoms with van der Waals surface area (Å²) in [5.41, 5.74) is -2.20. The van der Waals surface area contributed by atoms with Gasteiger partial charge in [0.05, 0.1) is 42.8 Å². The number of nitrogens with zero attached hydrogens (tertiary/aromatic N) is 3. The fourth-order valence-electron chi connectivity index (χ4n) is 4.39. The number of sulfone groups is 1. The lowest BCUT2D eigenvalue weighted by atomic mass is 10.1. The van der Waals surface area contributed by atoms with E-state index in [0.717, 1.165) is 31.0 Å². The minimum absolute atomic E-state index is 0.166. The van der Waals surface area contributed by atoms with E-state index in [1.807, 2.05) is 0 Å². The van der Waals surface area contributed by atoms with Gasteiger partial charge in [-0.2, -0.15) is 5.10 Å². The molecule has 1 atom stereocenters. The van der Waals surface area contributed by atoms with Gasteiger partial charge in [-0.15, -0.1) is 0 Å². The number of halogens is 2. The monoisotopic (exact) mass is 506 g/mol. The molecule has 2 aromatic heterocycles. The van der Waals surface area contributed by atoms with Crippen LogP contribution in [0.15, 0.2) is 49.8 Å². The van der Waals surface area contributed by atoms with Gasteiger partial charge in [0.15, 0.2) is 0 Å².